The molecule has 1 N–H and O–H groups in total. The average molecular weight is 153 g/mol. The molecule has 0 aromatic rings. The number of amides is 1. The molecule has 1 saturated heterocycles. The first kappa shape index (κ1) is 8.31. The lowest BCUT2D eigenvalue weighted by Gasteiger charge is -2.29. The Morgan fingerprint density at radius 3 is 2.82 bits per heavy atom. The summed E-state index contributed by atoms with van der Waals surface area (Å²) in [4.78, 5) is 11.0. The summed E-state index contributed by atoms with van der Waals surface area (Å²) in [7, 11) is 0. The van der Waals surface area contributed by atoms with Crippen molar-refractivity contribution in [3.05, 3.63) is 12.2 Å². The second kappa shape index (κ2) is 3.07. The summed E-state index contributed by atoms with van der Waals surface area (Å²) in [6, 6.07) is 0.205. The van der Waals surface area contributed by atoms with E-state index in [0.29, 0.717) is 12.3 Å². The molecule has 0 aliphatic carbocycles. The molecule has 2 heteroatoms. The third-order valence-corrected chi connectivity index (χ3v) is 2.24. The van der Waals surface area contributed by atoms with E-state index in [2.05, 4.69) is 18.8 Å². The Morgan fingerprint density at radius 2 is 2.36 bits per heavy atom. The lowest BCUT2D eigenvalue weighted by atomic mass is 9.88. The van der Waals surface area contributed by atoms with Gasteiger partial charge < -0.3 is 5.32 Å². The summed E-state index contributed by atoms with van der Waals surface area (Å²) >= 11 is 0. The molecule has 0 radical (unpaired) electrons. The van der Waals surface area contributed by atoms with E-state index in [0.717, 1.165) is 12.0 Å². The minimum absolute atomic E-state index is 0.163. The van der Waals surface area contributed by atoms with E-state index in [-0.39, 0.29) is 11.9 Å². The van der Waals surface area contributed by atoms with Gasteiger partial charge in [-0.3, -0.25) is 4.79 Å². The zero-order valence-electron chi connectivity index (χ0n) is 7.18. The zero-order chi connectivity index (χ0) is 8.43. The maximum Gasteiger partial charge on any atom is 0.220 e. The summed E-state index contributed by atoms with van der Waals surface area (Å²) < 4.78 is 0. The third kappa shape index (κ3) is 1.82. The van der Waals surface area contributed by atoms with Gasteiger partial charge in [0.15, 0.2) is 0 Å². The van der Waals surface area contributed by atoms with Crippen LogP contribution in [0.3, 0.4) is 0 Å². The molecule has 0 unspecified atom stereocenters. The van der Waals surface area contributed by atoms with Crippen LogP contribution in [-0.4, -0.2) is 11.9 Å². The largest absolute Gasteiger partial charge is 0.349 e. The fourth-order valence-electron chi connectivity index (χ4n) is 1.52. The van der Waals surface area contributed by atoms with Crippen LogP contribution in [0.2, 0.25) is 0 Å². The fourth-order valence-corrected chi connectivity index (χ4v) is 1.52. The summed E-state index contributed by atoms with van der Waals surface area (Å²) in [6.07, 6.45) is 1.66. The van der Waals surface area contributed by atoms with E-state index in [1.807, 2.05) is 6.92 Å². The zero-order valence-corrected chi connectivity index (χ0v) is 7.18. The van der Waals surface area contributed by atoms with E-state index in [1.165, 1.54) is 0 Å². The van der Waals surface area contributed by atoms with Gasteiger partial charge in [0.1, 0.15) is 0 Å². The van der Waals surface area contributed by atoms with Crippen molar-refractivity contribution in [3.63, 3.8) is 0 Å². The van der Waals surface area contributed by atoms with Gasteiger partial charge in [-0.2, -0.15) is 0 Å². The summed E-state index contributed by atoms with van der Waals surface area (Å²) in [5.41, 5.74) is 1.06. The van der Waals surface area contributed by atoms with Crippen LogP contribution in [0.25, 0.3) is 0 Å². The standard InChI is InChI=1S/C9H15NO/c1-6(2)9-7(3)4-5-8(11)10-9/h7,9H,1,4-5H2,2-3H3,(H,10,11)/t7-,9-/m1/s1. The number of hydrogen-bond acceptors (Lipinski definition) is 1. The van der Waals surface area contributed by atoms with Crippen molar-refractivity contribution >= 4 is 5.91 Å². The fraction of sp³-hybridized carbons (Fsp3) is 0.667. The number of carbonyl (C=O) groups excluding carboxylic acids is 1. The van der Waals surface area contributed by atoms with E-state index in [9.17, 15) is 4.79 Å². The molecule has 2 atom stereocenters. The van der Waals surface area contributed by atoms with E-state index >= 15 is 0 Å². The van der Waals surface area contributed by atoms with Crippen molar-refractivity contribution in [1.29, 1.82) is 0 Å². The molecule has 1 rings (SSSR count). The molecule has 2 nitrogen and oxygen atoms in total. The molecule has 0 aromatic carbocycles. The molecule has 1 aliphatic rings. The topological polar surface area (TPSA) is 29.1 Å². The van der Waals surface area contributed by atoms with Crippen LogP contribution >= 0.6 is 0 Å². The van der Waals surface area contributed by atoms with Crippen LogP contribution < -0.4 is 5.32 Å². The maximum absolute atomic E-state index is 11.0. The Labute approximate surface area is 67.7 Å². The van der Waals surface area contributed by atoms with Crippen LogP contribution in [0.5, 0.6) is 0 Å². The average Bonchev–Trinajstić information content (AvgIpc) is 1.94. The predicted molar refractivity (Wildman–Crippen MR) is 45.1 cm³/mol. The summed E-state index contributed by atoms with van der Waals surface area (Å²) in [5, 5.41) is 2.93. The molecule has 0 saturated carbocycles. The first-order valence-corrected chi connectivity index (χ1v) is 4.06. The Balaban J connectivity index is 2.61. The molecular formula is C9H15NO. The van der Waals surface area contributed by atoms with Gasteiger partial charge >= 0.3 is 0 Å². The lowest BCUT2D eigenvalue weighted by molar-refractivity contribution is -0.123. The Kier molecular flexibility index (Phi) is 2.32. The van der Waals surface area contributed by atoms with Gasteiger partial charge in [0, 0.05) is 6.42 Å². The van der Waals surface area contributed by atoms with Gasteiger partial charge in [-0.1, -0.05) is 19.1 Å². The van der Waals surface area contributed by atoms with Crippen LogP contribution in [0, 0.1) is 5.92 Å². The maximum atomic E-state index is 11.0. The van der Waals surface area contributed by atoms with Crippen molar-refractivity contribution < 1.29 is 4.79 Å². The molecule has 1 amide bonds. The van der Waals surface area contributed by atoms with Crippen molar-refractivity contribution in [3.8, 4) is 0 Å². The van der Waals surface area contributed by atoms with Crippen molar-refractivity contribution in [2.24, 2.45) is 5.92 Å². The highest BCUT2D eigenvalue weighted by molar-refractivity contribution is 5.77. The molecule has 0 spiro atoms. The lowest BCUT2D eigenvalue weighted by Crippen LogP contribution is -2.44. The number of nitrogens with one attached hydrogen (secondary N) is 1. The smallest absolute Gasteiger partial charge is 0.220 e. The highest BCUT2D eigenvalue weighted by atomic mass is 16.1. The van der Waals surface area contributed by atoms with E-state index in [4.69, 9.17) is 0 Å². The minimum atomic E-state index is 0.163. The van der Waals surface area contributed by atoms with Crippen LogP contribution in [-0.2, 0) is 4.79 Å². The SMILES string of the molecule is C=C(C)[C@H]1NC(=O)CC[C@H]1C. The molecule has 62 valence electrons. The van der Waals surface area contributed by atoms with Gasteiger partial charge in [-0.05, 0) is 19.3 Å². The molecular weight excluding hydrogens is 138 g/mol. The molecule has 1 aliphatic heterocycles. The molecule has 0 aromatic heterocycles. The second-order valence-corrected chi connectivity index (χ2v) is 3.41. The molecule has 1 heterocycles. The monoisotopic (exact) mass is 153 g/mol. The summed E-state index contributed by atoms with van der Waals surface area (Å²) in [5.74, 6) is 0.710. The second-order valence-electron chi connectivity index (χ2n) is 3.41. The highest BCUT2D eigenvalue weighted by Crippen LogP contribution is 2.20. The predicted octanol–water partition coefficient (Wildman–Crippen LogP) is 1.48. The van der Waals surface area contributed by atoms with Crippen molar-refractivity contribution in [1.82, 2.24) is 5.32 Å². The van der Waals surface area contributed by atoms with Gasteiger partial charge in [-0.25, -0.2) is 0 Å². The third-order valence-electron chi connectivity index (χ3n) is 2.24. The van der Waals surface area contributed by atoms with E-state index < -0.39 is 0 Å². The molecule has 0 bridgehead atoms. The van der Waals surface area contributed by atoms with Crippen LogP contribution in [0.1, 0.15) is 26.7 Å². The number of hydrogen-bond donors (Lipinski definition) is 1. The summed E-state index contributed by atoms with van der Waals surface area (Å²) in [6.45, 7) is 7.97. The van der Waals surface area contributed by atoms with Crippen molar-refractivity contribution in [2.45, 2.75) is 32.7 Å². The van der Waals surface area contributed by atoms with Gasteiger partial charge in [0.25, 0.3) is 0 Å². The first-order chi connectivity index (χ1) is 5.11. The quantitative estimate of drug-likeness (QED) is 0.568. The van der Waals surface area contributed by atoms with Crippen LogP contribution in [0.4, 0.5) is 0 Å². The van der Waals surface area contributed by atoms with Gasteiger partial charge in [0.2, 0.25) is 5.91 Å². The number of rotatable bonds is 1. The first-order valence-electron chi connectivity index (χ1n) is 4.06. The Morgan fingerprint density at radius 1 is 1.73 bits per heavy atom. The van der Waals surface area contributed by atoms with Crippen LogP contribution in [0.15, 0.2) is 12.2 Å². The number of carbonyl (C=O) groups is 1. The highest BCUT2D eigenvalue weighted by Gasteiger charge is 2.24. The van der Waals surface area contributed by atoms with E-state index in [1.54, 1.807) is 0 Å². The Bertz CT molecular complexity index is 186. The molecule has 11 heavy (non-hydrogen) atoms. The molecule has 1 fully saturated rings. The Hall–Kier alpha value is -0.790. The normalized spacial score (nSPS) is 31.3. The minimum Gasteiger partial charge on any atom is -0.349 e. The van der Waals surface area contributed by atoms with Gasteiger partial charge in [-0.15, -0.1) is 0 Å². The number of piperidine rings is 1. The van der Waals surface area contributed by atoms with Gasteiger partial charge in [0.05, 0.1) is 6.04 Å². The van der Waals surface area contributed by atoms with Crippen molar-refractivity contribution in [2.75, 3.05) is 0 Å².